The first-order valence-electron chi connectivity index (χ1n) is 9.38. The Kier molecular flexibility index (Phi) is 6.28. The summed E-state index contributed by atoms with van der Waals surface area (Å²) < 4.78 is 24.1. The second kappa shape index (κ2) is 9.28. The number of carbonyl (C=O) groups excluding carboxylic acids is 2. The number of nitrogens with zero attached hydrogens (tertiary/aromatic N) is 3. The fourth-order valence-corrected chi connectivity index (χ4v) is 4.47. The zero-order valence-electron chi connectivity index (χ0n) is 17.4. The first kappa shape index (κ1) is 21.7. The molecule has 0 aliphatic rings. The maximum atomic E-state index is 12.6. The molecule has 0 aliphatic carbocycles. The lowest BCUT2D eigenvalue weighted by molar-refractivity contribution is -0.119. The number of aryl methyl sites for hydroxylation is 1. The van der Waals surface area contributed by atoms with Gasteiger partial charge in [-0.15, -0.1) is 11.3 Å². The van der Waals surface area contributed by atoms with Crippen LogP contribution in [0.3, 0.4) is 0 Å². The van der Waals surface area contributed by atoms with E-state index in [1.807, 2.05) is 6.07 Å². The Hall–Kier alpha value is -3.57. The molecule has 0 saturated heterocycles. The number of fused-ring (bicyclic) bond motifs is 1. The van der Waals surface area contributed by atoms with Gasteiger partial charge in [-0.1, -0.05) is 6.07 Å². The van der Waals surface area contributed by atoms with Gasteiger partial charge in [-0.25, -0.2) is 9.78 Å². The molecule has 0 fully saturated rings. The van der Waals surface area contributed by atoms with E-state index in [-0.39, 0.29) is 0 Å². The number of benzene rings is 2. The lowest BCUT2D eigenvalue weighted by atomic mass is 10.2. The van der Waals surface area contributed by atoms with Crippen molar-refractivity contribution in [2.24, 2.45) is 0 Å². The normalized spacial score (nSPS) is 10.7. The molecule has 0 saturated carbocycles. The molecule has 32 heavy (non-hydrogen) atoms. The summed E-state index contributed by atoms with van der Waals surface area (Å²) >= 11 is 2.24. The van der Waals surface area contributed by atoms with Crippen molar-refractivity contribution in [2.45, 2.75) is 6.92 Å². The molecule has 0 spiro atoms. The summed E-state index contributed by atoms with van der Waals surface area (Å²) in [6.07, 6.45) is 0. The highest BCUT2D eigenvalue weighted by molar-refractivity contribution is 7.17. The largest absolute Gasteiger partial charge is 0.493 e. The van der Waals surface area contributed by atoms with E-state index in [0.717, 1.165) is 17.3 Å². The van der Waals surface area contributed by atoms with Crippen molar-refractivity contribution in [1.29, 1.82) is 0 Å². The smallest absolute Gasteiger partial charge is 0.350 e. The average Bonchev–Trinajstić information content (AvgIpc) is 3.44. The third-order valence-electron chi connectivity index (χ3n) is 4.51. The molecule has 9 nitrogen and oxygen atoms in total. The zero-order chi connectivity index (χ0) is 22.7. The van der Waals surface area contributed by atoms with Crippen LogP contribution in [0.5, 0.6) is 11.5 Å². The molecule has 0 atom stereocenters. The SMILES string of the molecule is COc1ccc(-c2nc(C)c(C(=O)OCC(=O)Nc3cccc4nsnc34)s2)cc1OC. The lowest BCUT2D eigenvalue weighted by Crippen LogP contribution is -2.21. The van der Waals surface area contributed by atoms with Crippen LogP contribution in [-0.2, 0) is 9.53 Å². The van der Waals surface area contributed by atoms with Crippen LogP contribution in [0.2, 0.25) is 0 Å². The van der Waals surface area contributed by atoms with E-state index < -0.39 is 18.5 Å². The third kappa shape index (κ3) is 4.39. The Morgan fingerprint density at radius 2 is 1.88 bits per heavy atom. The molecule has 4 rings (SSSR count). The quantitative estimate of drug-likeness (QED) is 0.404. The number of methoxy groups -OCH3 is 2. The van der Waals surface area contributed by atoms with Crippen LogP contribution in [-0.4, -0.2) is 46.4 Å². The summed E-state index contributed by atoms with van der Waals surface area (Å²) in [5.41, 5.74) is 3.09. The molecular formula is C21H18N4O5S2. The van der Waals surface area contributed by atoms with Crippen molar-refractivity contribution in [3.63, 3.8) is 0 Å². The third-order valence-corrected chi connectivity index (χ3v) is 6.24. The predicted molar refractivity (Wildman–Crippen MR) is 122 cm³/mol. The summed E-state index contributed by atoms with van der Waals surface area (Å²) in [5.74, 6) is 0.0693. The van der Waals surface area contributed by atoms with E-state index in [2.05, 4.69) is 19.0 Å². The number of amides is 1. The topological polar surface area (TPSA) is 113 Å². The molecule has 2 aromatic heterocycles. The lowest BCUT2D eigenvalue weighted by Gasteiger charge is -2.08. The minimum Gasteiger partial charge on any atom is -0.493 e. The summed E-state index contributed by atoms with van der Waals surface area (Å²) in [7, 11) is 3.11. The molecule has 4 aromatic rings. The number of thiazole rings is 1. The minimum atomic E-state index is -0.615. The van der Waals surface area contributed by atoms with Crippen molar-refractivity contribution < 1.29 is 23.8 Å². The molecular weight excluding hydrogens is 452 g/mol. The predicted octanol–water partition coefficient (Wildman–Crippen LogP) is 3.94. The summed E-state index contributed by atoms with van der Waals surface area (Å²) in [6, 6.07) is 10.7. The van der Waals surface area contributed by atoms with Crippen LogP contribution in [0.15, 0.2) is 36.4 Å². The molecule has 0 aliphatic heterocycles. The molecule has 2 aromatic carbocycles. The van der Waals surface area contributed by atoms with Gasteiger partial charge in [0.2, 0.25) is 0 Å². The van der Waals surface area contributed by atoms with Gasteiger partial charge in [-0.3, -0.25) is 4.79 Å². The van der Waals surface area contributed by atoms with Gasteiger partial charge in [-0.2, -0.15) is 8.75 Å². The fraction of sp³-hybridized carbons (Fsp3) is 0.190. The first-order chi connectivity index (χ1) is 15.5. The zero-order valence-corrected chi connectivity index (χ0v) is 19.0. The van der Waals surface area contributed by atoms with E-state index in [1.165, 1.54) is 11.3 Å². The van der Waals surface area contributed by atoms with Crippen LogP contribution in [0.4, 0.5) is 5.69 Å². The molecule has 1 N–H and O–H groups in total. The second-order valence-electron chi connectivity index (χ2n) is 6.57. The van der Waals surface area contributed by atoms with Crippen molar-refractivity contribution in [3.05, 3.63) is 47.0 Å². The molecule has 1 amide bonds. The molecule has 0 unspecified atom stereocenters. The second-order valence-corrected chi connectivity index (χ2v) is 8.09. The van der Waals surface area contributed by atoms with Crippen LogP contribution in [0.1, 0.15) is 15.4 Å². The number of hydrogen-bond acceptors (Lipinski definition) is 10. The summed E-state index contributed by atoms with van der Waals surface area (Å²) in [5, 5.41) is 3.32. The Morgan fingerprint density at radius 1 is 1.06 bits per heavy atom. The van der Waals surface area contributed by atoms with E-state index in [4.69, 9.17) is 14.2 Å². The van der Waals surface area contributed by atoms with Crippen LogP contribution < -0.4 is 14.8 Å². The van der Waals surface area contributed by atoms with Crippen molar-refractivity contribution >= 4 is 51.7 Å². The van der Waals surface area contributed by atoms with Crippen LogP contribution in [0.25, 0.3) is 21.6 Å². The highest BCUT2D eigenvalue weighted by atomic mass is 32.1. The van der Waals surface area contributed by atoms with E-state index >= 15 is 0 Å². The summed E-state index contributed by atoms with van der Waals surface area (Å²) in [4.78, 5) is 29.6. The number of nitrogens with one attached hydrogen (secondary N) is 1. The Labute approximate surface area is 191 Å². The van der Waals surface area contributed by atoms with Crippen molar-refractivity contribution in [2.75, 3.05) is 26.1 Å². The minimum absolute atomic E-state index is 0.327. The van der Waals surface area contributed by atoms with Gasteiger partial charge >= 0.3 is 5.97 Å². The highest BCUT2D eigenvalue weighted by Crippen LogP contribution is 2.35. The van der Waals surface area contributed by atoms with E-state index in [9.17, 15) is 9.59 Å². The molecule has 0 bridgehead atoms. The van der Waals surface area contributed by atoms with E-state index in [1.54, 1.807) is 51.5 Å². The van der Waals surface area contributed by atoms with Gasteiger partial charge in [0, 0.05) is 5.56 Å². The van der Waals surface area contributed by atoms with Crippen molar-refractivity contribution in [1.82, 2.24) is 13.7 Å². The van der Waals surface area contributed by atoms with Crippen LogP contribution in [0, 0.1) is 6.92 Å². The van der Waals surface area contributed by atoms with Gasteiger partial charge in [0.1, 0.15) is 20.9 Å². The first-order valence-corrected chi connectivity index (χ1v) is 10.9. The van der Waals surface area contributed by atoms with Crippen molar-refractivity contribution in [3.8, 4) is 22.1 Å². The average molecular weight is 471 g/mol. The molecule has 11 heteroatoms. The maximum Gasteiger partial charge on any atom is 0.350 e. The van der Waals surface area contributed by atoms with E-state index in [0.29, 0.717) is 43.8 Å². The number of aromatic nitrogens is 3. The van der Waals surface area contributed by atoms with Gasteiger partial charge in [0.05, 0.1) is 37.3 Å². The Bertz CT molecular complexity index is 1300. The van der Waals surface area contributed by atoms with Gasteiger partial charge in [0.15, 0.2) is 18.1 Å². The fourth-order valence-electron chi connectivity index (χ4n) is 2.97. The van der Waals surface area contributed by atoms with Crippen LogP contribution >= 0.6 is 23.1 Å². The number of esters is 1. The number of ether oxygens (including phenoxy) is 3. The summed E-state index contributed by atoms with van der Waals surface area (Å²) in [6.45, 7) is 1.28. The molecule has 2 heterocycles. The maximum absolute atomic E-state index is 12.6. The molecule has 164 valence electrons. The highest BCUT2D eigenvalue weighted by Gasteiger charge is 2.20. The monoisotopic (exact) mass is 470 g/mol. The number of carbonyl (C=O) groups is 2. The number of rotatable bonds is 7. The van der Waals surface area contributed by atoms with Gasteiger partial charge in [-0.05, 0) is 37.3 Å². The number of anilines is 1. The Balaban J connectivity index is 1.43. The standard InChI is InChI=1S/C21H18N4O5S2/c1-11-19(31-20(22-11)12-7-8-15(28-2)16(9-12)29-3)21(27)30-10-17(26)23-13-5-4-6-14-18(13)25-32-24-14/h4-9H,10H2,1-3H3,(H,23,26). The molecule has 0 radical (unpaired) electrons. The Morgan fingerprint density at radius 3 is 2.66 bits per heavy atom. The number of hydrogen-bond donors (Lipinski definition) is 1. The van der Waals surface area contributed by atoms with Gasteiger partial charge < -0.3 is 19.5 Å². The van der Waals surface area contributed by atoms with Gasteiger partial charge in [0.25, 0.3) is 5.91 Å².